The third-order valence-corrected chi connectivity index (χ3v) is 4.85. The van der Waals surface area contributed by atoms with E-state index in [2.05, 4.69) is 46.7 Å². The first-order chi connectivity index (χ1) is 10.5. The van der Waals surface area contributed by atoms with Gasteiger partial charge in [0.2, 0.25) is 0 Å². The molecule has 1 N–H and O–H groups in total. The highest BCUT2D eigenvalue weighted by atomic mass is 127. The Morgan fingerprint density at radius 2 is 1.73 bits per heavy atom. The summed E-state index contributed by atoms with van der Waals surface area (Å²) in [6.45, 7) is 8.26. The first kappa shape index (κ1) is 16.8. The van der Waals surface area contributed by atoms with Gasteiger partial charge in [-0.25, -0.2) is 0 Å². The number of rotatable bonds is 5. The van der Waals surface area contributed by atoms with Gasteiger partial charge in [-0.2, -0.15) is 0 Å². The molecule has 2 rings (SSSR count). The molecule has 0 saturated carbocycles. The molecule has 0 atom stereocenters. The molecule has 0 fully saturated rings. The number of nitrogens with zero attached hydrogens (tertiary/aromatic N) is 1. The number of nitrogens with one attached hydrogen (secondary N) is 1. The van der Waals surface area contributed by atoms with E-state index in [0.29, 0.717) is 5.56 Å². The lowest BCUT2D eigenvalue weighted by atomic mass is 10.1. The first-order valence-electron chi connectivity index (χ1n) is 7.47. The Morgan fingerprint density at radius 3 is 2.27 bits per heavy atom. The number of hydrogen-bond donors (Lipinski definition) is 1. The van der Waals surface area contributed by atoms with Gasteiger partial charge in [0.05, 0.1) is 0 Å². The second-order valence-corrected chi connectivity index (χ2v) is 6.30. The summed E-state index contributed by atoms with van der Waals surface area (Å²) >= 11 is 2.25. The summed E-state index contributed by atoms with van der Waals surface area (Å²) in [5, 5.41) is 2.95. The Bertz CT molecular complexity index is 649. The summed E-state index contributed by atoms with van der Waals surface area (Å²) < 4.78 is 1.10. The van der Waals surface area contributed by atoms with Crippen molar-refractivity contribution in [3.8, 4) is 0 Å². The molecule has 0 spiro atoms. The van der Waals surface area contributed by atoms with Crippen LogP contribution in [-0.4, -0.2) is 19.0 Å². The van der Waals surface area contributed by atoms with Crippen molar-refractivity contribution in [2.24, 2.45) is 0 Å². The molecule has 4 heteroatoms. The minimum Gasteiger partial charge on any atom is -0.372 e. The Labute approximate surface area is 145 Å². The molecule has 116 valence electrons. The number of halogens is 1. The fourth-order valence-electron chi connectivity index (χ4n) is 2.28. The maximum atomic E-state index is 12.3. The number of hydrogen-bond acceptors (Lipinski definition) is 2. The third-order valence-electron chi connectivity index (χ3n) is 3.69. The van der Waals surface area contributed by atoms with Crippen molar-refractivity contribution in [2.45, 2.75) is 20.8 Å². The molecular weight excluding hydrogens is 387 g/mol. The highest BCUT2D eigenvalue weighted by Crippen LogP contribution is 2.19. The Hall–Kier alpha value is -1.56. The van der Waals surface area contributed by atoms with Crippen LogP contribution in [0.4, 0.5) is 11.4 Å². The van der Waals surface area contributed by atoms with Crippen molar-refractivity contribution in [1.82, 2.24) is 0 Å². The zero-order valence-corrected chi connectivity index (χ0v) is 15.3. The van der Waals surface area contributed by atoms with Crippen LogP contribution in [0, 0.1) is 10.5 Å². The van der Waals surface area contributed by atoms with Gasteiger partial charge in [0.15, 0.2) is 0 Å². The quantitative estimate of drug-likeness (QED) is 0.728. The van der Waals surface area contributed by atoms with Crippen LogP contribution in [0.2, 0.25) is 0 Å². The van der Waals surface area contributed by atoms with E-state index in [-0.39, 0.29) is 5.91 Å². The lowest BCUT2D eigenvalue weighted by molar-refractivity contribution is 0.102. The first-order valence-corrected chi connectivity index (χ1v) is 8.55. The van der Waals surface area contributed by atoms with Crippen LogP contribution in [0.15, 0.2) is 42.5 Å². The lowest BCUT2D eigenvalue weighted by Crippen LogP contribution is -2.21. The van der Waals surface area contributed by atoms with Crippen LogP contribution in [0.1, 0.15) is 29.8 Å². The second kappa shape index (κ2) is 7.63. The van der Waals surface area contributed by atoms with Gasteiger partial charge in [-0.15, -0.1) is 0 Å². The van der Waals surface area contributed by atoms with E-state index in [1.165, 1.54) is 11.3 Å². The molecule has 0 radical (unpaired) electrons. The number of benzene rings is 2. The number of aryl methyl sites for hydroxylation is 1. The van der Waals surface area contributed by atoms with Gasteiger partial charge in [-0.05, 0) is 85.3 Å². The molecule has 0 bridgehead atoms. The van der Waals surface area contributed by atoms with Gasteiger partial charge in [-0.1, -0.05) is 6.07 Å². The minimum absolute atomic E-state index is 0.0755. The molecule has 22 heavy (non-hydrogen) atoms. The van der Waals surface area contributed by atoms with Crippen molar-refractivity contribution in [3.63, 3.8) is 0 Å². The van der Waals surface area contributed by atoms with Gasteiger partial charge in [0.1, 0.15) is 0 Å². The summed E-state index contributed by atoms with van der Waals surface area (Å²) in [5.41, 5.74) is 3.85. The van der Waals surface area contributed by atoms with Crippen molar-refractivity contribution < 1.29 is 4.79 Å². The fourth-order valence-corrected chi connectivity index (χ4v) is 2.80. The van der Waals surface area contributed by atoms with Gasteiger partial charge in [0, 0.05) is 33.6 Å². The zero-order valence-electron chi connectivity index (χ0n) is 13.2. The molecule has 2 aromatic rings. The second-order valence-electron chi connectivity index (χ2n) is 5.14. The van der Waals surface area contributed by atoms with Gasteiger partial charge in [0.25, 0.3) is 5.91 Å². The molecular formula is C18H21IN2O. The average molecular weight is 408 g/mol. The predicted molar refractivity (Wildman–Crippen MR) is 102 cm³/mol. The van der Waals surface area contributed by atoms with E-state index >= 15 is 0 Å². The van der Waals surface area contributed by atoms with Crippen LogP contribution in [0.25, 0.3) is 0 Å². The maximum Gasteiger partial charge on any atom is 0.255 e. The van der Waals surface area contributed by atoms with Crippen LogP contribution < -0.4 is 10.2 Å². The maximum absolute atomic E-state index is 12.3. The van der Waals surface area contributed by atoms with Crippen LogP contribution >= 0.6 is 22.6 Å². The Balaban J connectivity index is 2.10. The molecule has 0 aliphatic heterocycles. The molecule has 0 unspecified atom stereocenters. The van der Waals surface area contributed by atoms with Crippen LogP contribution in [0.3, 0.4) is 0 Å². The number of carbonyl (C=O) groups is 1. The normalized spacial score (nSPS) is 10.4. The third kappa shape index (κ3) is 4.00. The molecule has 0 saturated heterocycles. The van der Waals surface area contributed by atoms with Crippen molar-refractivity contribution in [1.29, 1.82) is 0 Å². The molecule has 0 aromatic heterocycles. The monoisotopic (exact) mass is 408 g/mol. The van der Waals surface area contributed by atoms with E-state index < -0.39 is 0 Å². The highest BCUT2D eigenvalue weighted by molar-refractivity contribution is 14.1. The number of amides is 1. The van der Waals surface area contributed by atoms with E-state index in [0.717, 1.165) is 22.3 Å². The number of carbonyl (C=O) groups excluding carboxylic acids is 1. The van der Waals surface area contributed by atoms with Gasteiger partial charge >= 0.3 is 0 Å². The van der Waals surface area contributed by atoms with Crippen molar-refractivity contribution >= 4 is 39.9 Å². The number of anilines is 2. The van der Waals surface area contributed by atoms with Crippen LogP contribution in [-0.2, 0) is 0 Å². The summed E-state index contributed by atoms with van der Waals surface area (Å²) in [5.74, 6) is -0.0755. The van der Waals surface area contributed by atoms with E-state index in [9.17, 15) is 4.79 Å². The summed E-state index contributed by atoms with van der Waals surface area (Å²) in [6.07, 6.45) is 0. The Morgan fingerprint density at radius 1 is 1.09 bits per heavy atom. The van der Waals surface area contributed by atoms with E-state index in [1.54, 1.807) is 0 Å². The predicted octanol–water partition coefficient (Wildman–Crippen LogP) is 4.70. The lowest BCUT2D eigenvalue weighted by Gasteiger charge is -2.21. The zero-order chi connectivity index (χ0) is 16.1. The summed E-state index contributed by atoms with van der Waals surface area (Å²) in [6, 6.07) is 13.7. The smallest absolute Gasteiger partial charge is 0.255 e. The molecule has 2 aromatic carbocycles. The fraction of sp³-hybridized carbons (Fsp3) is 0.278. The highest BCUT2D eigenvalue weighted by Gasteiger charge is 2.08. The molecule has 0 aliphatic rings. The molecule has 0 heterocycles. The summed E-state index contributed by atoms with van der Waals surface area (Å²) in [4.78, 5) is 14.6. The topological polar surface area (TPSA) is 32.3 Å². The van der Waals surface area contributed by atoms with Crippen LogP contribution in [0.5, 0.6) is 0 Å². The van der Waals surface area contributed by atoms with Crippen molar-refractivity contribution in [3.05, 3.63) is 57.2 Å². The minimum atomic E-state index is -0.0755. The SMILES string of the molecule is CCN(CC)c1ccc(NC(=O)c2ccc(C)c(I)c2)cc1. The van der Waals surface area contributed by atoms with Gasteiger partial charge < -0.3 is 10.2 Å². The molecule has 1 amide bonds. The van der Waals surface area contributed by atoms with Crippen molar-refractivity contribution in [2.75, 3.05) is 23.3 Å². The summed E-state index contributed by atoms with van der Waals surface area (Å²) in [7, 11) is 0. The van der Waals surface area contributed by atoms with E-state index in [4.69, 9.17) is 0 Å². The molecule has 0 aliphatic carbocycles. The largest absolute Gasteiger partial charge is 0.372 e. The van der Waals surface area contributed by atoms with Gasteiger partial charge in [-0.3, -0.25) is 4.79 Å². The molecule has 3 nitrogen and oxygen atoms in total. The standard InChI is InChI=1S/C18H21IN2O/c1-4-21(5-2)16-10-8-15(9-11-16)20-18(22)14-7-6-13(3)17(19)12-14/h6-12H,4-5H2,1-3H3,(H,20,22). The average Bonchev–Trinajstić information content (AvgIpc) is 2.52. The Kier molecular flexibility index (Phi) is 5.83. The van der Waals surface area contributed by atoms with E-state index in [1.807, 2.05) is 49.4 Å².